The minimum Gasteiger partial charge on any atom is -0.477 e. The number of aromatic nitrogens is 1. The minimum atomic E-state index is -1.50. The van der Waals surface area contributed by atoms with Crippen LogP contribution in [0.25, 0.3) is 10.9 Å². The molecule has 0 saturated carbocycles. The van der Waals surface area contributed by atoms with Gasteiger partial charge in [-0.2, -0.15) is 5.26 Å². The van der Waals surface area contributed by atoms with Gasteiger partial charge in [0.15, 0.2) is 5.82 Å². The van der Waals surface area contributed by atoms with Gasteiger partial charge in [0, 0.05) is 43.7 Å². The van der Waals surface area contributed by atoms with Crippen molar-refractivity contribution in [2.24, 2.45) is 0 Å². The topological polar surface area (TPSA) is 165 Å². The first-order valence-electron chi connectivity index (χ1n) is 13.8. The highest BCUT2D eigenvalue weighted by molar-refractivity contribution is 8.00. The number of aryl methyl sites for hydroxylation is 1. The first-order chi connectivity index (χ1) is 21.5. The Morgan fingerprint density at radius 1 is 1.20 bits per heavy atom. The molecule has 2 amide bonds. The van der Waals surface area contributed by atoms with Gasteiger partial charge in [-0.15, -0.1) is 11.8 Å². The fourth-order valence-electron chi connectivity index (χ4n) is 5.53. The molecular weight excluding hydrogens is 621 g/mol. The third-order valence-electron chi connectivity index (χ3n) is 7.78. The molecular formula is C28H27F3N6O7S. The van der Waals surface area contributed by atoms with Gasteiger partial charge < -0.3 is 29.5 Å². The number of alkyl halides is 1. The number of thioether (sulfide) groups is 1. The number of anilines is 1. The average molecular weight is 649 g/mol. The standard InChI is InChI=1S/C28H27F3N6O7S/c1-34-6-8-35(9-7-34)23-17(30)10-15-22(19(23)31)36(5-3-29)11-16(24(15)39)28(43)44-12-14-13-45-26-20(33-18(38)2-4-32)25(40)37(26)21(14)27(41)42/h10-11,20,26H,2-3,5-9,12-13H2,1H3,(H,33,38)(H,41,42)/t20-,26-/m0/s1. The summed E-state index contributed by atoms with van der Waals surface area (Å²) in [6.07, 6.45) is 0.440. The molecule has 2 atom stereocenters. The van der Waals surface area contributed by atoms with Crippen LogP contribution in [0.15, 0.2) is 28.3 Å². The summed E-state index contributed by atoms with van der Waals surface area (Å²) in [6, 6.07) is 1.42. The molecule has 238 valence electrons. The number of rotatable bonds is 9. The number of piperazine rings is 1. The second-order valence-electron chi connectivity index (χ2n) is 10.6. The van der Waals surface area contributed by atoms with Crippen molar-refractivity contribution in [3.63, 3.8) is 0 Å². The molecule has 1 aromatic carbocycles. The first-order valence-corrected chi connectivity index (χ1v) is 14.8. The van der Waals surface area contributed by atoms with Gasteiger partial charge in [-0.1, -0.05) is 0 Å². The fourth-order valence-corrected chi connectivity index (χ4v) is 6.86. The Morgan fingerprint density at radius 2 is 1.91 bits per heavy atom. The van der Waals surface area contributed by atoms with Crippen LogP contribution in [0.2, 0.25) is 0 Å². The molecule has 1 aromatic heterocycles. The van der Waals surface area contributed by atoms with Crippen molar-refractivity contribution in [3.8, 4) is 6.07 Å². The number of amides is 2. The molecule has 2 fully saturated rings. The van der Waals surface area contributed by atoms with E-state index in [1.807, 2.05) is 11.9 Å². The number of hydrogen-bond donors (Lipinski definition) is 2. The van der Waals surface area contributed by atoms with Crippen LogP contribution < -0.4 is 15.6 Å². The van der Waals surface area contributed by atoms with Crippen molar-refractivity contribution in [1.82, 2.24) is 19.7 Å². The van der Waals surface area contributed by atoms with Crippen LogP contribution >= 0.6 is 11.8 Å². The number of nitrogens with zero attached hydrogens (tertiary/aromatic N) is 5. The van der Waals surface area contributed by atoms with Gasteiger partial charge in [0.2, 0.25) is 11.3 Å². The lowest BCUT2D eigenvalue weighted by Gasteiger charge is -2.49. The predicted molar refractivity (Wildman–Crippen MR) is 154 cm³/mol. The summed E-state index contributed by atoms with van der Waals surface area (Å²) in [5.74, 6) is -6.29. The smallest absolute Gasteiger partial charge is 0.352 e. The number of fused-ring (bicyclic) bond motifs is 2. The number of ether oxygens (including phenoxy) is 1. The third-order valence-corrected chi connectivity index (χ3v) is 9.12. The Bertz CT molecular complexity index is 1730. The van der Waals surface area contributed by atoms with Crippen molar-refractivity contribution in [2.75, 3.05) is 57.2 Å². The molecule has 5 rings (SSSR count). The number of pyridine rings is 1. The van der Waals surface area contributed by atoms with E-state index in [0.717, 1.165) is 33.5 Å². The Morgan fingerprint density at radius 3 is 2.56 bits per heavy atom. The van der Waals surface area contributed by atoms with Crippen LogP contribution in [0.3, 0.4) is 0 Å². The number of carboxylic acid groups (broad SMARTS) is 1. The molecule has 0 unspecified atom stereocenters. The molecule has 13 nitrogen and oxygen atoms in total. The van der Waals surface area contributed by atoms with Crippen LogP contribution in [-0.2, 0) is 25.7 Å². The summed E-state index contributed by atoms with van der Waals surface area (Å²) in [5.41, 5.74) is -2.88. The zero-order chi connectivity index (χ0) is 32.6. The van der Waals surface area contributed by atoms with Crippen molar-refractivity contribution in [1.29, 1.82) is 5.26 Å². The van der Waals surface area contributed by atoms with E-state index in [0.29, 0.717) is 26.2 Å². The number of halogens is 3. The maximum absolute atomic E-state index is 15.8. The van der Waals surface area contributed by atoms with E-state index >= 15 is 8.78 Å². The summed E-state index contributed by atoms with van der Waals surface area (Å²) in [5, 5.41) is 19.6. The van der Waals surface area contributed by atoms with Gasteiger partial charge in [0.05, 0.1) is 23.5 Å². The predicted octanol–water partition coefficient (Wildman–Crippen LogP) is 0.810. The minimum absolute atomic E-state index is 0.0195. The number of likely N-dealkylation sites (N-methyl/N-ethyl adjacent to an activating group) is 1. The first kappa shape index (κ1) is 31.9. The normalized spacial score (nSPS) is 20.0. The molecule has 3 aliphatic rings. The maximum Gasteiger partial charge on any atom is 0.352 e. The number of hydrogen-bond acceptors (Lipinski definition) is 10. The van der Waals surface area contributed by atoms with E-state index in [1.54, 1.807) is 6.07 Å². The molecule has 2 aromatic rings. The summed E-state index contributed by atoms with van der Waals surface area (Å²) < 4.78 is 50.9. The van der Waals surface area contributed by atoms with Crippen molar-refractivity contribution >= 4 is 52.1 Å². The Balaban J connectivity index is 1.42. The van der Waals surface area contributed by atoms with Crippen LogP contribution in [0, 0.1) is 23.0 Å². The molecule has 4 heterocycles. The number of carbonyl (C=O) groups is 4. The maximum atomic E-state index is 15.8. The average Bonchev–Trinajstić information content (AvgIpc) is 3.00. The lowest BCUT2D eigenvalue weighted by Crippen LogP contribution is -2.70. The molecule has 2 saturated heterocycles. The second-order valence-corrected chi connectivity index (χ2v) is 11.7. The van der Waals surface area contributed by atoms with Gasteiger partial charge in [0.25, 0.3) is 5.91 Å². The fraction of sp³-hybridized carbons (Fsp3) is 0.429. The van der Waals surface area contributed by atoms with Gasteiger partial charge in [-0.25, -0.2) is 22.8 Å². The van der Waals surface area contributed by atoms with E-state index in [2.05, 4.69) is 5.32 Å². The van der Waals surface area contributed by atoms with E-state index in [1.165, 1.54) is 4.90 Å². The highest BCUT2D eigenvalue weighted by atomic mass is 32.2. The van der Waals surface area contributed by atoms with Gasteiger partial charge in [-0.3, -0.25) is 19.3 Å². The number of carbonyl (C=O) groups excluding carboxylic acids is 3. The Hall–Kier alpha value is -4.56. The van der Waals surface area contributed by atoms with Crippen molar-refractivity contribution in [2.45, 2.75) is 24.4 Å². The van der Waals surface area contributed by atoms with E-state index in [-0.39, 0.29) is 22.5 Å². The largest absolute Gasteiger partial charge is 0.477 e. The molecule has 0 spiro atoms. The number of nitrogens with one attached hydrogen (secondary N) is 1. The zero-order valence-electron chi connectivity index (χ0n) is 23.8. The summed E-state index contributed by atoms with van der Waals surface area (Å²) >= 11 is 1.09. The van der Waals surface area contributed by atoms with E-state index in [9.17, 15) is 33.5 Å². The van der Waals surface area contributed by atoms with Crippen molar-refractivity contribution in [3.05, 3.63) is 51.0 Å². The molecule has 0 bridgehead atoms. The molecule has 2 N–H and O–H groups in total. The summed E-state index contributed by atoms with van der Waals surface area (Å²) in [6.45, 7) is -0.381. The van der Waals surface area contributed by atoms with E-state index < -0.39 is 95.1 Å². The highest BCUT2D eigenvalue weighted by Crippen LogP contribution is 2.40. The molecule has 0 radical (unpaired) electrons. The number of nitriles is 1. The lowest BCUT2D eigenvalue weighted by molar-refractivity contribution is -0.150. The van der Waals surface area contributed by atoms with E-state index in [4.69, 9.17) is 10.00 Å². The van der Waals surface area contributed by atoms with Crippen LogP contribution in [-0.4, -0.2) is 107 Å². The Kier molecular flexibility index (Phi) is 9.07. The van der Waals surface area contributed by atoms with Crippen LogP contribution in [0.1, 0.15) is 16.8 Å². The van der Waals surface area contributed by atoms with Gasteiger partial charge >= 0.3 is 11.9 Å². The zero-order valence-corrected chi connectivity index (χ0v) is 24.7. The number of carboxylic acids is 1. The number of β-lactam (4-membered cyclic amide) rings is 1. The van der Waals surface area contributed by atoms with Crippen LogP contribution in [0.5, 0.6) is 0 Å². The number of aliphatic carboxylic acids is 1. The lowest BCUT2D eigenvalue weighted by atomic mass is 10.0. The summed E-state index contributed by atoms with van der Waals surface area (Å²) in [7, 11) is 1.87. The molecule has 45 heavy (non-hydrogen) atoms. The quantitative estimate of drug-likeness (QED) is 0.292. The Labute approximate surface area is 257 Å². The highest BCUT2D eigenvalue weighted by Gasteiger charge is 2.54. The second kappa shape index (κ2) is 12.8. The van der Waals surface area contributed by atoms with Gasteiger partial charge in [0.1, 0.15) is 53.9 Å². The molecule has 3 aliphatic heterocycles. The third kappa shape index (κ3) is 5.82. The number of benzene rings is 1. The number of esters is 1. The monoisotopic (exact) mass is 648 g/mol. The van der Waals surface area contributed by atoms with Gasteiger partial charge in [-0.05, 0) is 13.1 Å². The molecule has 17 heteroatoms. The van der Waals surface area contributed by atoms with Crippen LogP contribution in [0.4, 0.5) is 18.9 Å². The molecule has 0 aliphatic carbocycles. The SMILES string of the molecule is CN1CCN(c2c(F)cc3c(=O)c(C(=O)OCC4=C(C(=O)O)N5C(=O)[C@H](NC(=O)CC#N)[C@@H]5SC4)cn(CCF)c3c2F)CC1. The van der Waals surface area contributed by atoms with Crippen molar-refractivity contribution < 1.29 is 42.2 Å². The summed E-state index contributed by atoms with van der Waals surface area (Å²) in [4.78, 5) is 67.4.